The first kappa shape index (κ1) is 23.1. The van der Waals surface area contributed by atoms with Crippen molar-refractivity contribution >= 4 is 5.96 Å². The Morgan fingerprint density at radius 3 is 2.77 bits per heavy atom. The summed E-state index contributed by atoms with van der Waals surface area (Å²) in [6.07, 6.45) is 8.91. The maximum Gasteiger partial charge on any atom is 0.191 e. The number of furan rings is 1. The summed E-state index contributed by atoms with van der Waals surface area (Å²) in [6, 6.07) is 4.70. The first-order valence-corrected chi connectivity index (χ1v) is 11.9. The van der Waals surface area contributed by atoms with Gasteiger partial charge < -0.3 is 24.7 Å². The average Bonchev–Trinajstić information content (AvgIpc) is 3.29. The number of rotatable bonds is 11. The third-order valence-electron chi connectivity index (χ3n) is 6.11. The molecular formula is C23H41N5O2. The van der Waals surface area contributed by atoms with Crippen molar-refractivity contribution in [1.82, 2.24) is 20.4 Å². The summed E-state index contributed by atoms with van der Waals surface area (Å²) in [5, 5.41) is 7.02. The van der Waals surface area contributed by atoms with Crippen LogP contribution in [0.2, 0.25) is 0 Å². The molecular weight excluding hydrogens is 378 g/mol. The summed E-state index contributed by atoms with van der Waals surface area (Å²) in [7, 11) is 0. The molecule has 0 spiro atoms. The van der Waals surface area contributed by atoms with Gasteiger partial charge in [-0.1, -0.05) is 6.42 Å². The van der Waals surface area contributed by atoms with Crippen LogP contribution < -0.4 is 10.6 Å². The smallest absolute Gasteiger partial charge is 0.191 e. The molecule has 170 valence electrons. The largest absolute Gasteiger partial charge is 0.469 e. The Kier molecular flexibility index (Phi) is 10.5. The maximum atomic E-state index is 5.44. The minimum atomic E-state index is 0.735. The molecule has 0 aromatic carbocycles. The Hall–Kier alpha value is -1.57. The van der Waals surface area contributed by atoms with Crippen LogP contribution in [0.5, 0.6) is 0 Å². The summed E-state index contributed by atoms with van der Waals surface area (Å²) < 4.78 is 10.9. The summed E-state index contributed by atoms with van der Waals surface area (Å²) >= 11 is 0. The molecule has 0 saturated carbocycles. The molecule has 0 amide bonds. The van der Waals surface area contributed by atoms with E-state index in [9.17, 15) is 0 Å². The van der Waals surface area contributed by atoms with E-state index >= 15 is 0 Å². The van der Waals surface area contributed by atoms with Crippen LogP contribution in [0.4, 0.5) is 0 Å². The second kappa shape index (κ2) is 13.7. The van der Waals surface area contributed by atoms with Crippen LogP contribution in [0.1, 0.15) is 44.8 Å². The normalized spacial score (nSPS) is 21.6. The van der Waals surface area contributed by atoms with E-state index in [-0.39, 0.29) is 0 Å². The number of guanidine groups is 1. The number of hydrogen-bond donors (Lipinski definition) is 2. The van der Waals surface area contributed by atoms with Gasteiger partial charge >= 0.3 is 0 Å². The number of likely N-dealkylation sites (tertiary alicyclic amines) is 1. The van der Waals surface area contributed by atoms with Crippen LogP contribution in [0.3, 0.4) is 0 Å². The van der Waals surface area contributed by atoms with Crippen molar-refractivity contribution in [3.63, 3.8) is 0 Å². The van der Waals surface area contributed by atoms with Gasteiger partial charge in [0.2, 0.25) is 0 Å². The molecule has 0 bridgehead atoms. The Bertz CT molecular complexity index is 586. The molecule has 30 heavy (non-hydrogen) atoms. The fraction of sp³-hybridized carbons (Fsp3) is 0.783. The van der Waals surface area contributed by atoms with Crippen molar-refractivity contribution < 1.29 is 9.15 Å². The minimum Gasteiger partial charge on any atom is -0.469 e. The topological polar surface area (TPSA) is 65.3 Å². The van der Waals surface area contributed by atoms with Crippen LogP contribution in [-0.2, 0) is 11.2 Å². The van der Waals surface area contributed by atoms with Gasteiger partial charge in [0.15, 0.2) is 5.96 Å². The van der Waals surface area contributed by atoms with Gasteiger partial charge in [-0.3, -0.25) is 9.89 Å². The summed E-state index contributed by atoms with van der Waals surface area (Å²) in [5.74, 6) is 1.93. The van der Waals surface area contributed by atoms with E-state index in [1.807, 2.05) is 12.1 Å². The van der Waals surface area contributed by atoms with E-state index in [2.05, 4.69) is 27.4 Å². The molecule has 0 radical (unpaired) electrons. The highest BCUT2D eigenvalue weighted by atomic mass is 16.5. The average molecular weight is 420 g/mol. The molecule has 1 unspecified atom stereocenters. The third-order valence-corrected chi connectivity index (χ3v) is 6.11. The van der Waals surface area contributed by atoms with Crippen molar-refractivity contribution in [1.29, 1.82) is 0 Å². The predicted octanol–water partition coefficient (Wildman–Crippen LogP) is 2.34. The third kappa shape index (κ3) is 8.66. The van der Waals surface area contributed by atoms with E-state index < -0.39 is 0 Å². The maximum absolute atomic E-state index is 5.44. The molecule has 1 aromatic rings. The lowest BCUT2D eigenvalue weighted by atomic mass is 10.0. The van der Waals surface area contributed by atoms with E-state index in [4.69, 9.17) is 14.1 Å². The number of aliphatic imine (C=N–C) groups is 1. The van der Waals surface area contributed by atoms with Gasteiger partial charge in [-0.25, -0.2) is 0 Å². The highest BCUT2D eigenvalue weighted by Crippen LogP contribution is 2.16. The molecule has 1 aromatic heterocycles. The number of hydrogen-bond acceptors (Lipinski definition) is 5. The molecule has 2 aliphatic heterocycles. The quantitative estimate of drug-likeness (QED) is 0.326. The zero-order chi connectivity index (χ0) is 20.9. The second-order valence-corrected chi connectivity index (χ2v) is 8.46. The van der Waals surface area contributed by atoms with Crippen LogP contribution in [0, 0.1) is 0 Å². The van der Waals surface area contributed by atoms with Gasteiger partial charge in [-0.15, -0.1) is 0 Å². The minimum absolute atomic E-state index is 0.735. The number of morpholine rings is 1. The molecule has 2 fully saturated rings. The van der Waals surface area contributed by atoms with Gasteiger partial charge in [0.1, 0.15) is 5.76 Å². The van der Waals surface area contributed by atoms with E-state index in [0.29, 0.717) is 0 Å². The Morgan fingerprint density at radius 2 is 1.97 bits per heavy atom. The Labute approximate surface area is 182 Å². The number of nitrogens with one attached hydrogen (secondary N) is 2. The highest BCUT2D eigenvalue weighted by Gasteiger charge is 2.17. The fourth-order valence-electron chi connectivity index (χ4n) is 4.22. The van der Waals surface area contributed by atoms with Crippen molar-refractivity contribution in [2.75, 3.05) is 65.6 Å². The SMILES string of the molecule is CC1CCCCN1CCCNC(=NCCCN1CCOCC1)NCCc1ccco1. The van der Waals surface area contributed by atoms with Crippen LogP contribution >= 0.6 is 0 Å². The van der Waals surface area contributed by atoms with Crippen molar-refractivity contribution in [3.05, 3.63) is 24.2 Å². The molecule has 3 heterocycles. The van der Waals surface area contributed by atoms with E-state index in [0.717, 1.165) is 89.5 Å². The van der Waals surface area contributed by atoms with Gasteiger partial charge in [0, 0.05) is 58.3 Å². The standard InChI is InChI=1S/C23H41N5O2/c1-21-7-2-3-14-28(21)15-6-11-25-23(26-12-9-22-8-4-18-30-22)24-10-5-13-27-16-19-29-20-17-27/h4,8,18,21H,2-3,5-7,9-17,19-20H2,1H3,(H2,24,25,26). The van der Waals surface area contributed by atoms with Crippen molar-refractivity contribution in [3.8, 4) is 0 Å². The summed E-state index contributed by atoms with van der Waals surface area (Å²) in [4.78, 5) is 9.92. The summed E-state index contributed by atoms with van der Waals surface area (Å²) in [6.45, 7) is 12.3. The first-order valence-electron chi connectivity index (χ1n) is 11.9. The number of nitrogens with zero attached hydrogens (tertiary/aromatic N) is 3. The molecule has 2 N–H and O–H groups in total. The van der Waals surface area contributed by atoms with Crippen LogP contribution in [0.15, 0.2) is 27.8 Å². The van der Waals surface area contributed by atoms with Gasteiger partial charge in [0.05, 0.1) is 19.5 Å². The Morgan fingerprint density at radius 1 is 1.10 bits per heavy atom. The lowest BCUT2D eigenvalue weighted by Gasteiger charge is -2.33. The monoisotopic (exact) mass is 419 g/mol. The Balaban J connectivity index is 1.36. The molecule has 3 rings (SSSR count). The van der Waals surface area contributed by atoms with E-state index in [1.54, 1.807) is 6.26 Å². The zero-order valence-corrected chi connectivity index (χ0v) is 18.8. The molecule has 7 heteroatoms. The van der Waals surface area contributed by atoms with Gasteiger partial charge in [-0.2, -0.15) is 0 Å². The molecule has 0 aliphatic carbocycles. The predicted molar refractivity (Wildman–Crippen MR) is 122 cm³/mol. The zero-order valence-electron chi connectivity index (χ0n) is 18.8. The fourth-order valence-corrected chi connectivity index (χ4v) is 4.22. The molecule has 2 aliphatic rings. The number of ether oxygens (including phenoxy) is 1. The lowest BCUT2D eigenvalue weighted by molar-refractivity contribution is 0.0377. The number of piperidine rings is 1. The second-order valence-electron chi connectivity index (χ2n) is 8.46. The van der Waals surface area contributed by atoms with Crippen molar-refractivity contribution in [2.45, 2.75) is 51.5 Å². The first-order chi connectivity index (χ1) is 14.8. The van der Waals surface area contributed by atoms with Crippen LogP contribution in [-0.4, -0.2) is 87.4 Å². The van der Waals surface area contributed by atoms with Crippen molar-refractivity contribution in [2.24, 2.45) is 4.99 Å². The molecule has 2 saturated heterocycles. The lowest BCUT2D eigenvalue weighted by Crippen LogP contribution is -2.42. The van der Waals surface area contributed by atoms with Gasteiger partial charge in [-0.05, 0) is 51.3 Å². The van der Waals surface area contributed by atoms with Gasteiger partial charge in [0.25, 0.3) is 0 Å². The highest BCUT2D eigenvalue weighted by molar-refractivity contribution is 5.79. The van der Waals surface area contributed by atoms with E-state index in [1.165, 1.54) is 32.4 Å². The molecule has 7 nitrogen and oxygen atoms in total. The summed E-state index contributed by atoms with van der Waals surface area (Å²) in [5.41, 5.74) is 0. The van der Waals surface area contributed by atoms with Crippen LogP contribution in [0.25, 0.3) is 0 Å². The molecule has 1 atom stereocenters.